The van der Waals surface area contributed by atoms with E-state index >= 15 is 0 Å². The van der Waals surface area contributed by atoms with Crippen LogP contribution < -0.4 is 0 Å². The Bertz CT molecular complexity index is 5200. The largest absolute Gasteiger partial charge is 0.455 e. The summed E-state index contributed by atoms with van der Waals surface area (Å²) < 4.78 is 20.2. The quantitative estimate of drug-likeness (QED) is 0.165. The molecular weight excluding hydrogens is 913 g/mol. The van der Waals surface area contributed by atoms with E-state index in [1.807, 2.05) is 0 Å². The van der Waals surface area contributed by atoms with Crippen molar-refractivity contribution < 1.29 is 13.3 Å². The van der Waals surface area contributed by atoms with Crippen LogP contribution in [0.15, 0.2) is 256 Å². The van der Waals surface area contributed by atoms with E-state index in [0.717, 1.165) is 98.8 Å². The molecule has 3 nitrogen and oxygen atoms in total. The van der Waals surface area contributed by atoms with Crippen LogP contribution in [-0.4, -0.2) is 0 Å². The minimum absolute atomic E-state index is 0.860. The zero-order valence-electron chi connectivity index (χ0n) is 40.3. The summed E-state index contributed by atoms with van der Waals surface area (Å²) in [5.74, 6) is 0. The minimum atomic E-state index is 0.860. The highest BCUT2D eigenvalue weighted by Crippen LogP contribution is 2.50. The summed E-state index contributed by atoms with van der Waals surface area (Å²) in [7, 11) is 0. The van der Waals surface area contributed by atoms with Crippen LogP contribution in [0.5, 0.6) is 0 Å². The predicted molar refractivity (Wildman–Crippen MR) is 315 cm³/mol. The Morgan fingerprint density at radius 3 is 0.880 bits per heavy atom. The summed E-state index contributed by atoms with van der Waals surface area (Å²) >= 11 is 0. The van der Waals surface area contributed by atoms with Gasteiger partial charge in [-0.2, -0.15) is 0 Å². The van der Waals surface area contributed by atoms with Gasteiger partial charge in [-0.3, -0.25) is 0 Å². The molecule has 0 bridgehead atoms. The fourth-order valence-corrected chi connectivity index (χ4v) is 13.0. The second-order valence-corrected chi connectivity index (χ2v) is 20.1. The van der Waals surface area contributed by atoms with Crippen molar-refractivity contribution in [3.8, 4) is 44.5 Å². The maximum atomic E-state index is 7.07. The highest BCUT2D eigenvalue weighted by atomic mass is 16.3. The third kappa shape index (κ3) is 5.75. The predicted octanol–water partition coefficient (Wildman–Crippen LogP) is 21.0. The second-order valence-electron chi connectivity index (χ2n) is 20.1. The second kappa shape index (κ2) is 15.3. The van der Waals surface area contributed by atoms with Crippen LogP contribution in [-0.2, 0) is 0 Å². The minimum Gasteiger partial charge on any atom is -0.455 e. The normalized spacial score (nSPS) is 12.3. The van der Waals surface area contributed by atoms with E-state index in [4.69, 9.17) is 13.3 Å². The lowest BCUT2D eigenvalue weighted by molar-refractivity contribution is 0.670. The molecule has 0 saturated carbocycles. The van der Waals surface area contributed by atoms with Crippen LogP contribution in [0.2, 0.25) is 0 Å². The van der Waals surface area contributed by atoms with Gasteiger partial charge in [-0.15, -0.1) is 0 Å². The van der Waals surface area contributed by atoms with Crippen molar-refractivity contribution in [2.75, 3.05) is 0 Å². The fraction of sp³-hybridized carbons (Fsp3) is 0. The van der Waals surface area contributed by atoms with Gasteiger partial charge in [0, 0.05) is 54.2 Å². The lowest BCUT2D eigenvalue weighted by Crippen LogP contribution is -1.91. The number of para-hydroxylation sites is 1. The van der Waals surface area contributed by atoms with Crippen LogP contribution in [0, 0.1) is 0 Å². The van der Waals surface area contributed by atoms with Gasteiger partial charge < -0.3 is 13.3 Å². The maximum Gasteiger partial charge on any atom is 0.143 e. The smallest absolute Gasteiger partial charge is 0.143 e. The Hall–Kier alpha value is -9.96. The van der Waals surface area contributed by atoms with Gasteiger partial charge in [-0.25, -0.2) is 0 Å². The van der Waals surface area contributed by atoms with E-state index in [-0.39, 0.29) is 0 Å². The molecule has 3 aromatic heterocycles. The van der Waals surface area contributed by atoms with Crippen molar-refractivity contribution in [1.82, 2.24) is 0 Å². The topological polar surface area (TPSA) is 39.4 Å². The van der Waals surface area contributed by atoms with E-state index in [2.05, 4.69) is 243 Å². The SMILES string of the molecule is c1ccc2c(c1)ccc1c3cc(-c4c5ccccc5c(-c5ccc6oc7c(-c8c9ccccc9c(-c9ccc%10oc%11c%12ccccc%12ccc%11c%10c9)c9ccccc89)cccc7c6c5)c5ccccc45)ccc3oc21. The molecule has 14 aromatic carbocycles. The van der Waals surface area contributed by atoms with E-state index in [1.54, 1.807) is 0 Å². The standard InChI is InChI=1S/C72H40O3/c1-3-16-46-41(14-1)28-33-57-61-39-44(31-36-64(61)73-70(46)57)67-50-20-7-5-18-48(50)66(49-19-6-8-21-51(49)67)43-30-35-63-60(38-43)56-26-13-27-59(72(56)75-63)69-54-24-11-9-22-52(54)68(53-23-10-12-25-55(53)69)45-32-37-65-62(40-45)58-34-29-42-15-2-4-17-47(42)71(58)74-65/h1-40H. The maximum absolute atomic E-state index is 7.07. The molecule has 0 spiro atoms. The molecule has 0 atom stereocenters. The van der Waals surface area contributed by atoms with Gasteiger partial charge in [0.05, 0.1) is 0 Å². The van der Waals surface area contributed by atoms with Crippen LogP contribution >= 0.6 is 0 Å². The first-order valence-corrected chi connectivity index (χ1v) is 25.7. The molecule has 0 amide bonds. The van der Waals surface area contributed by atoms with Crippen molar-refractivity contribution in [2.24, 2.45) is 0 Å². The van der Waals surface area contributed by atoms with Crippen molar-refractivity contribution in [2.45, 2.75) is 0 Å². The molecule has 0 radical (unpaired) electrons. The first kappa shape index (κ1) is 40.6. The van der Waals surface area contributed by atoms with Crippen LogP contribution in [0.4, 0.5) is 0 Å². The van der Waals surface area contributed by atoms with E-state index in [1.165, 1.54) is 76.1 Å². The average Bonchev–Trinajstić information content (AvgIpc) is 4.20. The van der Waals surface area contributed by atoms with Crippen LogP contribution in [0.3, 0.4) is 0 Å². The summed E-state index contributed by atoms with van der Waals surface area (Å²) in [4.78, 5) is 0. The zero-order chi connectivity index (χ0) is 48.9. The van der Waals surface area contributed by atoms with Gasteiger partial charge in [0.2, 0.25) is 0 Å². The van der Waals surface area contributed by atoms with Gasteiger partial charge in [0.1, 0.15) is 33.5 Å². The van der Waals surface area contributed by atoms with Gasteiger partial charge in [0.15, 0.2) is 0 Å². The molecule has 0 unspecified atom stereocenters. The summed E-state index contributed by atoms with van der Waals surface area (Å²) in [6, 6.07) is 88.1. The lowest BCUT2D eigenvalue weighted by Gasteiger charge is -2.18. The Balaban J connectivity index is 0.843. The van der Waals surface area contributed by atoms with Crippen molar-refractivity contribution in [1.29, 1.82) is 0 Å². The summed E-state index contributed by atoms with van der Waals surface area (Å²) in [5, 5.41) is 20.8. The molecule has 0 aliphatic heterocycles. The molecule has 0 N–H and O–H groups in total. The van der Waals surface area contributed by atoms with E-state index in [9.17, 15) is 0 Å². The number of hydrogen-bond acceptors (Lipinski definition) is 3. The molecule has 3 heteroatoms. The molecule has 0 saturated heterocycles. The monoisotopic (exact) mass is 952 g/mol. The van der Waals surface area contributed by atoms with Crippen molar-refractivity contribution in [3.05, 3.63) is 243 Å². The number of furan rings is 3. The van der Waals surface area contributed by atoms with E-state index < -0.39 is 0 Å². The highest BCUT2D eigenvalue weighted by molar-refractivity contribution is 6.27. The highest BCUT2D eigenvalue weighted by Gasteiger charge is 2.23. The van der Waals surface area contributed by atoms with Crippen molar-refractivity contribution in [3.63, 3.8) is 0 Å². The van der Waals surface area contributed by atoms with Gasteiger partial charge in [0.25, 0.3) is 0 Å². The van der Waals surface area contributed by atoms with Gasteiger partial charge in [-0.05, 0) is 136 Å². The Morgan fingerprint density at radius 1 is 0.187 bits per heavy atom. The first-order valence-electron chi connectivity index (χ1n) is 25.7. The Morgan fingerprint density at radius 2 is 0.493 bits per heavy atom. The number of hydrogen-bond donors (Lipinski definition) is 0. The fourth-order valence-electron chi connectivity index (χ4n) is 13.0. The molecular formula is C72H40O3. The Labute approximate surface area is 428 Å². The van der Waals surface area contributed by atoms with Gasteiger partial charge in [-0.1, -0.05) is 194 Å². The molecule has 75 heavy (non-hydrogen) atoms. The van der Waals surface area contributed by atoms with E-state index in [0.29, 0.717) is 0 Å². The van der Waals surface area contributed by atoms with Crippen LogP contribution in [0.1, 0.15) is 0 Å². The lowest BCUT2D eigenvalue weighted by atomic mass is 9.85. The third-order valence-electron chi connectivity index (χ3n) is 16.2. The zero-order valence-corrected chi connectivity index (χ0v) is 40.3. The number of fused-ring (bicyclic) bond motifs is 17. The molecule has 0 aliphatic carbocycles. The molecule has 17 rings (SSSR count). The van der Waals surface area contributed by atoms with Crippen molar-refractivity contribution >= 4 is 130 Å². The first-order chi connectivity index (χ1) is 37.2. The molecule has 346 valence electrons. The molecule has 0 aliphatic rings. The number of rotatable bonds is 4. The van der Waals surface area contributed by atoms with Gasteiger partial charge >= 0.3 is 0 Å². The summed E-state index contributed by atoms with van der Waals surface area (Å²) in [6.07, 6.45) is 0. The summed E-state index contributed by atoms with van der Waals surface area (Å²) in [5.41, 5.74) is 14.7. The third-order valence-corrected chi connectivity index (χ3v) is 16.2. The Kier molecular flexibility index (Phi) is 8.28. The molecule has 3 heterocycles. The van der Waals surface area contributed by atoms with Crippen LogP contribution in [0.25, 0.3) is 175 Å². The number of benzene rings is 14. The summed E-state index contributed by atoms with van der Waals surface area (Å²) in [6.45, 7) is 0. The molecule has 17 aromatic rings. The average molecular weight is 953 g/mol. The molecule has 0 fully saturated rings.